The van der Waals surface area contributed by atoms with E-state index < -0.39 is 5.60 Å². The molecule has 1 saturated heterocycles. The van der Waals surface area contributed by atoms with Crippen molar-refractivity contribution in [3.63, 3.8) is 0 Å². The van der Waals surface area contributed by atoms with Crippen molar-refractivity contribution in [1.82, 2.24) is 10.2 Å². The Hall–Kier alpha value is -0.120. The zero-order chi connectivity index (χ0) is 9.73. The minimum Gasteiger partial charge on any atom is -0.390 e. The lowest BCUT2D eigenvalue weighted by Gasteiger charge is -2.24. The second kappa shape index (κ2) is 4.94. The minimum absolute atomic E-state index is 0.514. The molecule has 0 saturated carbocycles. The second-order valence-corrected chi connectivity index (χ2v) is 4.51. The van der Waals surface area contributed by atoms with Crippen molar-refractivity contribution >= 4 is 0 Å². The van der Waals surface area contributed by atoms with Gasteiger partial charge < -0.3 is 15.3 Å². The van der Waals surface area contributed by atoms with Gasteiger partial charge in [-0.1, -0.05) is 0 Å². The van der Waals surface area contributed by atoms with Gasteiger partial charge in [-0.2, -0.15) is 0 Å². The van der Waals surface area contributed by atoms with Crippen LogP contribution in [0.15, 0.2) is 0 Å². The summed E-state index contributed by atoms with van der Waals surface area (Å²) >= 11 is 0. The van der Waals surface area contributed by atoms with Crippen LogP contribution in [-0.2, 0) is 0 Å². The lowest BCUT2D eigenvalue weighted by atomic mass is 10.1. The summed E-state index contributed by atoms with van der Waals surface area (Å²) in [5, 5.41) is 12.9. The molecule has 1 heterocycles. The molecule has 13 heavy (non-hydrogen) atoms. The first kappa shape index (κ1) is 11.0. The Kier molecular flexibility index (Phi) is 4.16. The molecule has 3 heteroatoms. The van der Waals surface area contributed by atoms with Gasteiger partial charge in [0, 0.05) is 19.6 Å². The molecule has 0 aromatic heterocycles. The molecule has 0 aromatic rings. The zero-order valence-corrected chi connectivity index (χ0v) is 8.84. The molecule has 1 aliphatic rings. The summed E-state index contributed by atoms with van der Waals surface area (Å²) in [4.78, 5) is 2.43. The van der Waals surface area contributed by atoms with E-state index in [1.54, 1.807) is 0 Å². The summed E-state index contributed by atoms with van der Waals surface area (Å²) < 4.78 is 0. The third-order valence-electron chi connectivity index (χ3n) is 2.47. The maximum atomic E-state index is 9.58. The van der Waals surface area contributed by atoms with Gasteiger partial charge in [0.1, 0.15) is 0 Å². The number of aliphatic hydroxyl groups is 1. The molecule has 0 atom stereocenters. The summed E-state index contributed by atoms with van der Waals surface area (Å²) in [7, 11) is 0. The van der Waals surface area contributed by atoms with Crippen LogP contribution in [0.25, 0.3) is 0 Å². The van der Waals surface area contributed by atoms with Gasteiger partial charge in [-0.3, -0.25) is 0 Å². The van der Waals surface area contributed by atoms with Gasteiger partial charge in [0.25, 0.3) is 0 Å². The Bertz CT molecular complexity index is 134. The van der Waals surface area contributed by atoms with Gasteiger partial charge in [0.05, 0.1) is 5.60 Å². The van der Waals surface area contributed by atoms with Gasteiger partial charge in [0.15, 0.2) is 0 Å². The van der Waals surface area contributed by atoms with E-state index in [0.29, 0.717) is 0 Å². The van der Waals surface area contributed by atoms with E-state index >= 15 is 0 Å². The highest BCUT2D eigenvalue weighted by Crippen LogP contribution is 2.08. The van der Waals surface area contributed by atoms with Crippen molar-refractivity contribution in [2.45, 2.75) is 32.3 Å². The van der Waals surface area contributed by atoms with Crippen LogP contribution in [0.5, 0.6) is 0 Å². The fraction of sp³-hybridized carbons (Fsp3) is 1.00. The highest BCUT2D eigenvalue weighted by atomic mass is 16.3. The number of hydrogen-bond donors (Lipinski definition) is 2. The average Bonchev–Trinajstić information content (AvgIpc) is 2.26. The monoisotopic (exact) mass is 186 g/mol. The average molecular weight is 186 g/mol. The molecular weight excluding hydrogens is 164 g/mol. The summed E-state index contributed by atoms with van der Waals surface area (Å²) in [6.45, 7) is 9.29. The summed E-state index contributed by atoms with van der Waals surface area (Å²) in [5.41, 5.74) is -0.514. The van der Waals surface area contributed by atoms with Crippen molar-refractivity contribution in [2.75, 3.05) is 32.7 Å². The molecule has 1 fully saturated rings. The molecule has 0 unspecified atom stereocenters. The minimum atomic E-state index is -0.514. The summed E-state index contributed by atoms with van der Waals surface area (Å²) in [5.74, 6) is 0. The molecule has 0 amide bonds. The Morgan fingerprint density at radius 2 is 2.08 bits per heavy atom. The van der Waals surface area contributed by atoms with Crippen molar-refractivity contribution in [3.05, 3.63) is 0 Å². The highest BCUT2D eigenvalue weighted by molar-refractivity contribution is 4.71. The standard InChI is InChI=1S/C10H22N2O/c1-10(2,13)4-8-12-7-3-5-11-6-9-12/h11,13H,3-9H2,1-2H3. The van der Waals surface area contributed by atoms with Crippen LogP contribution < -0.4 is 5.32 Å². The quantitative estimate of drug-likeness (QED) is 0.671. The number of nitrogens with one attached hydrogen (secondary N) is 1. The normalized spacial score (nSPS) is 21.5. The summed E-state index contributed by atoms with van der Waals surface area (Å²) in [6.07, 6.45) is 2.10. The van der Waals surface area contributed by atoms with E-state index in [1.165, 1.54) is 13.0 Å². The smallest absolute Gasteiger partial charge is 0.0603 e. The number of nitrogens with zero attached hydrogens (tertiary/aromatic N) is 1. The Labute approximate surface area is 81.1 Å². The van der Waals surface area contributed by atoms with Crippen LogP contribution in [-0.4, -0.2) is 48.3 Å². The molecule has 0 aromatic carbocycles. The van der Waals surface area contributed by atoms with Crippen LogP contribution in [0.2, 0.25) is 0 Å². The Morgan fingerprint density at radius 1 is 1.31 bits per heavy atom. The maximum absolute atomic E-state index is 9.58. The highest BCUT2D eigenvalue weighted by Gasteiger charge is 2.15. The van der Waals surface area contributed by atoms with Gasteiger partial charge in [0.2, 0.25) is 0 Å². The van der Waals surface area contributed by atoms with Crippen LogP contribution in [0.3, 0.4) is 0 Å². The van der Waals surface area contributed by atoms with Crippen LogP contribution in [0.4, 0.5) is 0 Å². The first-order chi connectivity index (χ1) is 6.08. The Balaban J connectivity index is 2.19. The third kappa shape index (κ3) is 5.24. The first-order valence-electron chi connectivity index (χ1n) is 5.23. The molecule has 1 aliphatic heterocycles. The van der Waals surface area contributed by atoms with Crippen molar-refractivity contribution in [2.24, 2.45) is 0 Å². The molecule has 2 N–H and O–H groups in total. The zero-order valence-electron chi connectivity index (χ0n) is 8.84. The fourth-order valence-corrected chi connectivity index (χ4v) is 1.56. The molecule has 0 aliphatic carbocycles. The SMILES string of the molecule is CC(C)(O)CCN1CCCNCC1. The predicted octanol–water partition coefficient (Wildman–Crippen LogP) is 0.443. The van der Waals surface area contributed by atoms with Gasteiger partial charge in [-0.05, 0) is 39.8 Å². The van der Waals surface area contributed by atoms with Gasteiger partial charge in [-0.25, -0.2) is 0 Å². The molecule has 0 radical (unpaired) electrons. The van der Waals surface area contributed by atoms with Gasteiger partial charge in [-0.15, -0.1) is 0 Å². The van der Waals surface area contributed by atoms with Crippen LogP contribution in [0, 0.1) is 0 Å². The molecule has 0 bridgehead atoms. The number of hydrogen-bond acceptors (Lipinski definition) is 3. The summed E-state index contributed by atoms with van der Waals surface area (Å²) in [6, 6.07) is 0. The van der Waals surface area contributed by atoms with Crippen LogP contribution >= 0.6 is 0 Å². The van der Waals surface area contributed by atoms with E-state index in [0.717, 1.165) is 32.6 Å². The van der Waals surface area contributed by atoms with Crippen molar-refractivity contribution < 1.29 is 5.11 Å². The van der Waals surface area contributed by atoms with Gasteiger partial charge >= 0.3 is 0 Å². The van der Waals surface area contributed by atoms with E-state index in [9.17, 15) is 5.11 Å². The fourth-order valence-electron chi connectivity index (χ4n) is 1.56. The first-order valence-corrected chi connectivity index (χ1v) is 5.23. The molecular formula is C10H22N2O. The maximum Gasteiger partial charge on any atom is 0.0603 e. The predicted molar refractivity (Wildman–Crippen MR) is 54.8 cm³/mol. The lowest BCUT2D eigenvalue weighted by Crippen LogP contribution is -2.33. The Morgan fingerprint density at radius 3 is 2.77 bits per heavy atom. The van der Waals surface area contributed by atoms with E-state index in [-0.39, 0.29) is 0 Å². The molecule has 1 rings (SSSR count). The second-order valence-electron chi connectivity index (χ2n) is 4.51. The van der Waals surface area contributed by atoms with Crippen LogP contribution in [0.1, 0.15) is 26.7 Å². The van der Waals surface area contributed by atoms with E-state index in [1.807, 2.05) is 13.8 Å². The van der Waals surface area contributed by atoms with Crippen molar-refractivity contribution in [1.29, 1.82) is 0 Å². The topological polar surface area (TPSA) is 35.5 Å². The van der Waals surface area contributed by atoms with E-state index in [4.69, 9.17) is 0 Å². The lowest BCUT2D eigenvalue weighted by molar-refractivity contribution is 0.0585. The number of rotatable bonds is 3. The van der Waals surface area contributed by atoms with E-state index in [2.05, 4.69) is 10.2 Å². The molecule has 3 nitrogen and oxygen atoms in total. The molecule has 0 spiro atoms. The third-order valence-corrected chi connectivity index (χ3v) is 2.47. The largest absolute Gasteiger partial charge is 0.390 e. The molecule has 78 valence electrons. The van der Waals surface area contributed by atoms with Crippen molar-refractivity contribution in [3.8, 4) is 0 Å².